The largest absolute Gasteiger partial charge is 0.463 e. The van der Waals surface area contributed by atoms with Gasteiger partial charge in [-0.1, -0.05) is 0 Å². The third-order valence-corrected chi connectivity index (χ3v) is 3.82. The third kappa shape index (κ3) is 3.43. The highest BCUT2D eigenvalue weighted by Crippen LogP contribution is 2.26. The zero-order chi connectivity index (χ0) is 16.2. The molecule has 23 heavy (non-hydrogen) atoms. The van der Waals surface area contributed by atoms with E-state index in [2.05, 4.69) is 15.5 Å². The number of thiazole rings is 1. The molecule has 0 aliphatic heterocycles. The van der Waals surface area contributed by atoms with E-state index >= 15 is 0 Å². The molecule has 0 radical (unpaired) electrons. The van der Waals surface area contributed by atoms with Crippen molar-refractivity contribution in [1.82, 2.24) is 4.98 Å². The first kappa shape index (κ1) is 14.9. The molecule has 7 nitrogen and oxygen atoms in total. The molecule has 0 bridgehead atoms. The lowest BCUT2D eigenvalue weighted by Crippen LogP contribution is -1.97. The average molecular weight is 328 g/mol. The standard InChI is InChI=1S/C15H12N4O3S/c1-10(14-3-2-8-22-14)17-18-15-16-13(9-23-15)11-4-6-12(7-5-11)19(20)21/h2-9H,1H3,(H,16,18)/b17-10+. The van der Waals surface area contributed by atoms with Gasteiger partial charge >= 0.3 is 0 Å². The summed E-state index contributed by atoms with van der Waals surface area (Å²) >= 11 is 1.40. The van der Waals surface area contributed by atoms with Crippen LogP contribution in [0.1, 0.15) is 12.7 Å². The molecule has 8 heteroatoms. The van der Waals surface area contributed by atoms with Gasteiger partial charge in [0, 0.05) is 23.1 Å². The van der Waals surface area contributed by atoms with E-state index in [0.717, 1.165) is 11.3 Å². The lowest BCUT2D eigenvalue weighted by atomic mass is 10.1. The van der Waals surface area contributed by atoms with Crippen molar-refractivity contribution in [1.29, 1.82) is 0 Å². The van der Waals surface area contributed by atoms with Gasteiger partial charge in [-0.3, -0.25) is 15.5 Å². The van der Waals surface area contributed by atoms with Gasteiger partial charge in [0.25, 0.3) is 5.69 Å². The van der Waals surface area contributed by atoms with Gasteiger partial charge in [0.05, 0.1) is 16.9 Å². The lowest BCUT2D eigenvalue weighted by molar-refractivity contribution is -0.384. The number of nitrogens with one attached hydrogen (secondary N) is 1. The van der Waals surface area contributed by atoms with Crippen molar-refractivity contribution in [3.63, 3.8) is 0 Å². The Morgan fingerprint density at radius 3 is 2.78 bits per heavy atom. The van der Waals surface area contributed by atoms with E-state index in [1.54, 1.807) is 24.5 Å². The van der Waals surface area contributed by atoms with E-state index in [1.165, 1.54) is 23.5 Å². The Morgan fingerprint density at radius 2 is 2.13 bits per heavy atom. The Balaban J connectivity index is 1.73. The molecule has 2 aromatic heterocycles. The Bertz CT molecular complexity index is 838. The minimum Gasteiger partial charge on any atom is -0.463 e. The average Bonchev–Trinajstić information content (AvgIpc) is 3.24. The molecule has 0 aliphatic rings. The van der Waals surface area contributed by atoms with Crippen molar-refractivity contribution < 1.29 is 9.34 Å². The first-order valence-corrected chi connectivity index (χ1v) is 7.56. The highest BCUT2D eigenvalue weighted by molar-refractivity contribution is 7.14. The number of aromatic nitrogens is 1. The minimum atomic E-state index is -0.427. The predicted molar refractivity (Wildman–Crippen MR) is 88.7 cm³/mol. The van der Waals surface area contributed by atoms with Crippen LogP contribution in [0, 0.1) is 10.1 Å². The Kier molecular flexibility index (Phi) is 4.15. The first-order chi connectivity index (χ1) is 11.1. The smallest absolute Gasteiger partial charge is 0.269 e. The molecule has 0 unspecified atom stereocenters. The van der Waals surface area contributed by atoms with Gasteiger partial charge < -0.3 is 4.42 Å². The van der Waals surface area contributed by atoms with E-state index in [1.807, 2.05) is 18.4 Å². The highest BCUT2D eigenvalue weighted by atomic mass is 32.1. The van der Waals surface area contributed by atoms with Crippen molar-refractivity contribution in [2.45, 2.75) is 6.92 Å². The van der Waals surface area contributed by atoms with Crippen LogP contribution in [0.4, 0.5) is 10.8 Å². The molecule has 116 valence electrons. The zero-order valence-corrected chi connectivity index (χ0v) is 12.9. The number of hydrogen-bond acceptors (Lipinski definition) is 7. The van der Waals surface area contributed by atoms with Gasteiger partial charge in [0.15, 0.2) is 0 Å². The van der Waals surface area contributed by atoms with Crippen LogP contribution in [-0.4, -0.2) is 15.6 Å². The van der Waals surface area contributed by atoms with Crippen molar-refractivity contribution >= 4 is 27.9 Å². The van der Waals surface area contributed by atoms with E-state index < -0.39 is 4.92 Å². The Morgan fingerprint density at radius 1 is 1.35 bits per heavy atom. The number of non-ortho nitro benzene ring substituents is 1. The molecule has 1 N–H and O–H groups in total. The molecule has 1 aromatic carbocycles. The van der Waals surface area contributed by atoms with E-state index in [4.69, 9.17) is 4.42 Å². The molecule has 0 aliphatic carbocycles. The number of benzene rings is 1. The summed E-state index contributed by atoms with van der Waals surface area (Å²) < 4.78 is 5.25. The van der Waals surface area contributed by atoms with Gasteiger partial charge in [-0.05, 0) is 31.2 Å². The van der Waals surface area contributed by atoms with E-state index in [9.17, 15) is 10.1 Å². The van der Waals surface area contributed by atoms with Crippen LogP contribution < -0.4 is 5.43 Å². The number of nitro benzene ring substituents is 1. The molecule has 0 saturated heterocycles. The fraction of sp³-hybridized carbons (Fsp3) is 0.0667. The van der Waals surface area contributed by atoms with Gasteiger partial charge in [0.1, 0.15) is 11.5 Å². The maximum Gasteiger partial charge on any atom is 0.269 e. The fourth-order valence-electron chi connectivity index (χ4n) is 1.88. The molecule has 0 saturated carbocycles. The summed E-state index contributed by atoms with van der Waals surface area (Å²) in [6, 6.07) is 9.89. The lowest BCUT2D eigenvalue weighted by Gasteiger charge is -1.98. The maximum atomic E-state index is 10.7. The maximum absolute atomic E-state index is 10.7. The molecule has 0 amide bonds. The molecule has 2 heterocycles. The molecule has 0 fully saturated rings. The van der Waals surface area contributed by atoms with Gasteiger partial charge in [-0.25, -0.2) is 4.98 Å². The number of rotatable bonds is 5. The SMILES string of the molecule is C/C(=N\Nc1nc(-c2ccc([N+](=O)[O-])cc2)cs1)c1ccco1. The summed E-state index contributed by atoms with van der Waals surface area (Å²) in [7, 11) is 0. The minimum absolute atomic E-state index is 0.0565. The second-order valence-corrected chi connectivity index (χ2v) is 5.49. The molecule has 3 aromatic rings. The van der Waals surface area contributed by atoms with Crippen molar-refractivity contribution in [2.75, 3.05) is 5.43 Å². The topological polar surface area (TPSA) is 93.6 Å². The number of nitro groups is 1. The second kappa shape index (κ2) is 6.41. The van der Waals surface area contributed by atoms with Crippen LogP contribution in [-0.2, 0) is 0 Å². The monoisotopic (exact) mass is 328 g/mol. The summed E-state index contributed by atoms with van der Waals surface area (Å²) in [5, 5.41) is 17.4. The predicted octanol–water partition coefficient (Wildman–Crippen LogP) is 4.15. The number of anilines is 1. The van der Waals surface area contributed by atoms with Crippen LogP contribution in [0.3, 0.4) is 0 Å². The van der Waals surface area contributed by atoms with Crippen LogP contribution in [0.15, 0.2) is 57.6 Å². The summed E-state index contributed by atoms with van der Waals surface area (Å²) in [4.78, 5) is 14.6. The summed E-state index contributed by atoms with van der Waals surface area (Å²) in [6.07, 6.45) is 1.59. The van der Waals surface area contributed by atoms with Crippen LogP contribution >= 0.6 is 11.3 Å². The Labute approximate surface area is 135 Å². The summed E-state index contributed by atoms with van der Waals surface area (Å²) in [5.41, 5.74) is 5.19. The third-order valence-electron chi connectivity index (χ3n) is 3.08. The normalized spacial score (nSPS) is 11.4. The van der Waals surface area contributed by atoms with Crippen LogP contribution in [0.25, 0.3) is 11.3 Å². The van der Waals surface area contributed by atoms with Crippen LogP contribution in [0.5, 0.6) is 0 Å². The number of nitrogens with zero attached hydrogens (tertiary/aromatic N) is 3. The van der Waals surface area contributed by atoms with Crippen molar-refractivity contribution in [2.24, 2.45) is 5.10 Å². The number of hydrogen-bond donors (Lipinski definition) is 1. The fourth-order valence-corrected chi connectivity index (χ4v) is 2.54. The Hall–Kier alpha value is -3.00. The summed E-state index contributed by atoms with van der Waals surface area (Å²) in [6.45, 7) is 1.83. The number of furan rings is 1. The van der Waals surface area contributed by atoms with E-state index in [0.29, 0.717) is 16.6 Å². The first-order valence-electron chi connectivity index (χ1n) is 6.68. The van der Waals surface area contributed by atoms with Crippen LogP contribution in [0.2, 0.25) is 0 Å². The molecule has 0 atom stereocenters. The van der Waals surface area contributed by atoms with E-state index in [-0.39, 0.29) is 5.69 Å². The highest BCUT2D eigenvalue weighted by Gasteiger charge is 2.08. The van der Waals surface area contributed by atoms with Gasteiger partial charge in [0.2, 0.25) is 5.13 Å². The van der Waals surface area contributed by atoms with Crippen molar-refractivity contribution in [3.8, 4) is 11.3 Å². The van der Waals surface area contributed by atoms with Gasteiger partial charge in [-0.2, -0.15) is 5.10 Å². The van der Waals surface area contributed by atoms with Gasteiger partial charge in [-0.15, -0.1) is 11.3 Å². The number of hydrazone groups is 1. The second-order valence-electron chi connectivity index (χ2n) is 4.63. The molecular weight excluding hydrogens is 316 g/mol. The molecule has 0 spiro atoms. The summed E-state index contributed by atoms with van der Waals surface area (Å²) in [5.74, 6) is 0.685. The molecular formula is C15H12N4O3S. The quantitative estimate of drug-likeness (QED) is 0.431. The van der Waals surface area contributed by atoms with Crippen molar-refractivity contribution in [3.05, 3.63) is 63.9 Å². The zero-order valence-electron chi connectivity index (χ0n) is 12.1. The molecule has 3 rings (SSSR count).